The third-order valence-corrected chi connectivity index (χ3v) is 3.60. The Morgan fingerprint density at radius 1 is 1.17 bits per heavy atom. The quantitative estimate of drug-likeness (QED) is 0.577. The van der Waals surface area contributed by atoms with Gasteiger partial charge in [-0.25, -0.2) is 9.59 Å². The molecule has 0 aliphatic heterocycles. The van der Waals surface area contributed by atoms with Crippen LogP contribution in [0.3, 0.4) is 0 Å². The van der Waals surface area contributed by atoms with Crippen molar-refractivity contribution in [1.82, 2.24) is 4.90 Å². The minimum absolute atomic E-state index is 0.0315. The number of fused-ring (bicyclic) bond motifs is 1. The van der Waals surface area contributed by atoms with Crippen LogP contribution in [-0.2, 0) is 16.1 Å². The number of carbonyl (C=O) groups is 1. The first-order valence-corrected chi connectivity index (χ1v) is 7.67. The average Bonchev–Trinajstić information content (AvgIpc) is 2.56. The van der Waals surface area contributed by atoms with E-state index in [2.05, 4.69) is 4.90 Å². The first-order chi connectivity index (χ1) is 11.1. The summed E-state index contributed by atoms with van der Waals surface area (Å²) in [5.41, 5.74) is 0.586. The predicted octanol–water partition coefficient (Wildman–Crippen LogP) is 2.79. The summed E-state index contributed by atoms with van der Waals surface area (Å²) in [5.74, 6) is 0. The molecule has 6 nitrogen and oxygen atoms in total. The van der Waals surface area contributed by atoms with Crippen LogP contribution in [0.4, 0.5) is 4.79 Å². The molecule has 2 rings (SSSR count). The van der Waals surface area contributed by atoms with Crippen LogP contribution in [-0.4, -0.2) is 37.3 Å². The molecule has 0 saturated heterocycles. The number of benzene rings is 1. The van der Waals surface area contributed by atoms with E-state index in [9.17, 15) is 9.59 Å². The molecule has 0 aliphatic carbocycles. The Labute approximate surface area is 134 Å². The number of likely N-dealkylation sites (N-methyl/N-ethyl adjacent to an activating group) is 1. The Hall–Kier alpha value is -2.34. The standard InChI is InChI=1S/C17H21NO5/c1-3-18(4-2)9-10-21-17(20)22-12-13-11-16(19)23-15-8-6-5-7-14(13)15/h5-8,11H,3-4,9-10,12H2,1-2H3. The fraction of sp³-hybridized carbons (Fsp3) is 0.412. The van der Waals surface area contributed by atoms with Crippen molar-refractivity contribution in [2.75, 3.05) is 26.2 Å². The van der Waals surface area contributed by atoms with Crippen LogP contribution < -0.4 is 5.63 Å². The highest BCUT2D eigenvalue weighted by atomic mass is 16.7. The lowest BCUT2D eigenvalue weighted by Gasteiger charge is -2.17. The average molecular weight is 319 g/mol. The molecular formula is C17H21NO5. The van der Waals surface area contributed by atoms with E-state index in [0.29, 0.717) is 17.7 Å². The molecule has 1 aromatic carbocycles. The van der Waals surface area contributed by atoms with Crippen molar-refractivity contribution in [3.8, 4) is 0 Å². The fourth-order valence-electron chi connectivity index (χ4n) is 2.27. The lowest BCUT2D eigenvalue weighted by molar-refractivity contribution is 0.0439. The number of para-hydroxylation sites is 1. The normalized spacial score (nSPS) is 10.9. The molecule has 0 atom stereocenters. The van der Waals surface area contributed by atoms with Crippen LogP contribution in [0.5, 0.6) is 0 Å². The minimum atomic E-state index is -0.741. The Kier molecular flexibility index (Phi) is 6.17. The van der Waals surface area contributed by atoms with Crippen LogP contribution in [0.1, 0.15) is 19.4 Å². The summed E-state index contributed by atoms with van der Waals surface area (Å²) in [4.78, 5) is 25.3. The second-order valence-corrected chi connectivity index (χ2v) is 5.00. The Balaban J connectivity index is 1.91. The zero-order chi connectivity index (χ0) is 16.7. The van der Waals surface area contributed by atoms with Gasteiger partial charge in [-0.05, 0) is 19.2 Å². The maximum absolute atomic E-state index is 11.6. The molecule has 1 aromatic heterocycles. The van der Waals surface area contributed by atoms with Crippen molar-refractivity contribution >= 4 is 17.1 Å². The van der Waals surface area contributed by atoms with Gasteiger partial charge in [0.2, 0.25) is 0 Å². The number of hydrogen-bond acceptors (Lipinski definition) is 6. The van der Waals surface area contributed by atoms with Gasteiger partial charge in [0.15, 0.2) is 0 Å². The number of nitrogens with zero attached hydrogens (tertiary/aromatic N) is 1. The predicted molar refractivity (Wildman–Crippen MR) is 86.4 cm³/mol. The van der Waals surface area contributed by atoms with E-state index in [0.717, 1.165) is 18.5 Å². The summed E-state index contributed by atoms with van der Waals surface area (Å²) in [6.07, 6.45) is -0.741. The van der Waals surface area contributed by atoms with Gasteiger partial charge in [-0.3, -0.25) is 0 Å². The molecule has 0 bridgehead atoms. The van der Waals surface area contributed by atoms with E-state index in [1.807, 2.05) is 26.0 Å². The number of ether oxygens (including phenoxy) is 2. The number of hydrogen-bond donors (Lipinski definition) is 0. The zero-order valence-electron chi connectivity index (χ0n) is 13.4. The van der Waals surface area contributed by atoms with Gasteiger partial charge in [0.25, 0.3) is 0 Å². The van der Waals surface area contributed by atoms with Crippen molar-refractivity contribution in [3.05, 3.63) is 46.3 Å². The van der Waals surface area contributed by atoms with Crippen molar-refractivity contribution in [3.63, 3.8) is 0 Å². The molecule has 0 spiro atoms. The highest BCUT2D eigenvalue weighted by molar-refractivity contribution is 5.80. The lowest BCUT2D eigenvalue weighted by Crippen LogP contribution is -2.28. The second-order valence-electron chi connectivity index (χ2n) is 5.00. The third kappa shape index (κ3) is 4.82. The molecule has 6 heteroatoms. The fourth-order valence-corrected chi connectivity index (χ4v) is 2.27. The van der Waals surface area contributed by atoms with Gasteiger partial charge in [-0.15, -0.1) is 0 Å². The summed E-state index contributed by atoms with van der Waals surface area (Å²) in [5, 5.41) is 0.739. The SMILES string of the molecule is CCN(CC)CCOC(=O)OCc1cc(=O)oc2ccccc12. The van der Waals surface area contributed by atoms with Gasteiger partial charge >= 0.3 is 11.8 Å². The molecule has 1 heterocycles. The monoisotopic (exact) mass is 319 g/mol. The molecule has 0 N–H and O–H groups in total. The number of carbonyl (C=O) groups excluding carboxylic acids is 1. The number of rotatable bonds is 7. The molecule has 0 amide bonds. The molecule has 0 unspecified atom stereocenters. The van der Waals surface area contributed by atoms with Gasteiger partial charge < -0.3 is 18.8 Å². The highest BCUT2D eigenvalue weighted by Crippen LogP contribution is 2.17. The van der Waals surface area contributed by atoms with Gasteiger partial charge in [-0.1, -0.05) is 32.0 Å². The summed E-state index contributed by atoms with van der Waals surface area (Å²) >= 11 is 0. The molecule has 0 aliphatic rings. The summed E-state index contributed by atoms with van der Waals surface area (Å²) < 4.78 is 15.2. The van der Waals surface area contributed by atoms with Crippen molar-refractivity contribution in [2.24, 2.45) is 0 Å². The van der Waals surface area contributed by atoms with Gasteiger partial charge in [-0.2, -0.15) is 0 Å². The van der Waals surface area contributed by atoms with Crippen LogP contribution in [0.15, 0.2) is 39.5 Å². The van der Waals surface area contributed by atoms with E-state index in [1.165, 1.54) is 6.07 Å². The van der Waals surface area contributed by atoms with Crippen LogP contribution in [0.25, 0.3) is 11.0 Å². The molecule has 124 valence electrons. The molecule has 0 fully saturated rings. The van der Waals surface area contributed by atoms with E-state index in [4.69, 9.17) is 13.9 Å². The first kappa shape index (κ1) is 17.0. The maximum atomic E-state index is 11.6. The molecular weight excluding hydrogens is 298 g/mol. The molecule has 2 aromatic rings. The van der Waals surface area contributed by atoms with Gasteiger partial charge in [0, 0.05) is 23.6 Å². The summed E-state index contributed by atoms with van der Waals surface area (Å²) in [7, 11) is 0. The molecule has 23 heavy (non-hydrogen) atoms. The zero-order valence-corrected chi connectivity index (χ0v) is 13.4. The highest BCUT2D eigenvalue weighted by Gasteiger charge is 2.10. The largest absolute Gasteiger partial charge is 0.508 e. The summed E-state index contributed by atoms with van der Waals surface area (Å²) in [6, 6.07) is 8.43. The van der Waals surface area contributed by atoms with E-state index in [1.54, 1.807) is 12.1 Å². The van der Waals surface area contributed by atoms with Crippen molar-refractivity contribution < 1.29 is 18.7 Å². The molecule has 0 saturated carbocycles. The smallest absolute Gasteiger partial charge is 0.433 e. The Morgan fingerprint density at radius 2 is 1.91 bits per heavy atom. The maximum Gasteiger partial charge on any atom is 0.508 e. The van der Waals surface area contributed by atoms with E-state index >= 15 is 0 Å². The van der Waals surface area contributed by atoms with Crippen LogP contribution in [0, 0.1) is 0 Å². The van der Waals surface area contributed by atoms with Crippen molar-refractivity contribution in [2.45, 2.75) is 20.5 Å². The van der Waals surface area contributed by atoms with Crippen LogP contribution in [0.2, 0.25) is 0 Å². The van der Waals surface area contributed by atoms with Crippen molar-refractivity contribution in [1.29, 1.82) is 0 Å². The Morgan fingerprint density at radius 3 is 2.65 bits per heavy atom. The second kappa shape index (κ2) is 8.33. The Bertz CT molecular complexity index is 705. The first-order valence-electron chi connectivity index (χ1n) is 7.67. The lowest BCUT2D eigenvalue weighted by atomic mass is 10.1. The minimum Gasteiger partial charge on any atom is -0.433 e. The third-order valence-electron chi connectivity index (χ3n) is 3.60. The van der Waals surface area contributed by atoms with Crippen LogP contribution >= 0.6 is 0 Å². The van der Waals surface area contributed by atoms with Gasteiger partial charge in [0.05, 0.1) is 0 Å². The topological polar surface area (TPSA) is 69.0 Å². The molecule has 0 radical (unpaired) electrons. The summed E-state index contributed by atoms with van der Waals surface area (Å²) in [6.45, 7) is 6.82. The van der Waals surface area contributed by atoms with Gasteiger partial charge in [0.1, 0.15) is 18.8 Å². The van der Waals surface area contributed by atoms with E-state index in [-0.39, 0.29) is 13.2 Å². The van der Waals surface area contributed by atoms with E-state index < -0.39 is 11.8 Å².